The highest BCUT2D eigenvalue weighted by atomic mass is 16.5. The highest BCUT2D eigenvalue weighted by Crippen LogP contribution is 2.13. The van der Waals surface area contributed by atoms with Crippen LogP contribution in [0.4, 0.5) is 0 Å². The van der Waals surface area contributed by atoms with E-state index in [1.165, 1.54) is 89.8 Å². The number of nitrogens with zero attached hydrogens (tertiary/aromatic N) is 2. The molecule has 0 spiro atoms. The van der Waals surface area contributed by atoms with Crippen molar-refractivity contribution in [2.24, 2.45) is 4.99 Å². The van der Waals surface area contributed by atoms with E-state index in [2.05, 4.69) is 11.9 Å². The fraction of sp³-hybridized carbons (Fsp3) is 0.850. The second-order valence-corrected chi connectivity index (χ2v) is 7.02. The quantitative estimate of drug-likeness (QED) is 0.197. The number of unbranched alkanes of at least 4 members (excludes halogenated alkanes) is 13. The molecule has 1 aliphatic rings. The van der Waals surface area contributed by atoms with E-state index < -0.39 is 0 Å². The molecule has 1 heterocycles. The van der Waals surface area contributed by atoms with Gasteiger partial charge in [0.1, 0.15) is 6.54 Å². The van der Waals surface area contributed by atoms with E-state index in [1.807, 2.05) is 6.08 Å². The lowest BCUT2D eigenvalue weighted by Gasteiger charge is -2.29. The van der Waals surface area contributed by atoms with Gasteiger partial charge < -0.3 is 5.21 Å². The minimum absolute atomic E-state index is 0.349. The number of hydroxylamine groups is 3. The van der Waals surface area contributed by atoms with Crippen molar-refractivity contribution in [3.05, 3.63) is 17.5 Å². The lowest BCUT2D eigenvalue weighted by atomic mass is 10.0. The van der Waals surface area contributed by atoms with Crippen LogP contribution in [0.5, 0.6) is 0 Å². The maximum atomic E-state index is 11.9. The summed E-state index contributed by atoms with van der Waals surface area (Å²) in [6.07, 6.45) is 24.4. The van der Waals surface area contributed by atoms with Crippen LogP contribution in [0.25, 0.3) is 0 Å². The number of rotatable bonds is 15. The third kappa shape index (κ3) is 11.5. The summed E-state index contributed by atoms with van der Waals surface area (Å²) in [4.78, 5) is 4.01. The van der Waals surface area contributed by atoms with Gasteiger partial charge in [-0.15, -0.1) is 0 Å². The predicted molar refractivity (Wildman–Crippen MR) is 101 cm³/mol. The molecule has 1 rings (SSSR count). The van der Waals surface area contributed by atoms with Gasteiger partial charge in [-0.1, -0.05) is 84.0 Å². The van der Waals surface area contributed by atoms with Crippen molar-refractivity contribution in [2.75, 3.05) is 13.1 Å². The van der Waals surface area contributed by atoms with Gasteiger partial charge in [-0.05, 0) is 18.9 Å². The summed E-state index contributed by atoms with van der Waals surface area (Å²) in [5.74, 6) is 0. The topological polar surface area (TPSA) is 35.4 Å². The van der Waals surface area contributed by atoms with Crippen molar-refractivity contribution < 1.29 is 4.65 Å². The van der Waals surface area contributed by atoms with Crippen LogP contribution in [0.15, 0.2) is 17.3 Å². The summed E-state index contributed by atoms with van der Waals surface area (Å²) in [7, 11) is 0. The Kier molecular flexibility index (Phi) is 12.2. The maximum absolute atomic E-state index is 11.9. The minimum atomic E-state index is -0.349. The molecule has 134 valence electrons. The molecule has 0 fully saturated rings. The van der Waals surface area contributed by atoms with Gasteiger partial charge in [-0.3, -0.25) is 4.65 Å². The zero-order valence-electron chi connectivity index (χ0n) is 15.3. The largest absolute Gasteiger partial charge is 0.622 e. The maximum Gasteiger partial charge on any atom is 0.190 e. The fourth-order valence-corrected chi connectivity index (χ4v) is 3.11. The third-order valence-electron chi connectivity index (χ3n) is 4.69. The summed E-state index contributed by atoms with van der Waals surface area (Å²) in [5, 5.41) is 11.9. The molecule has 0 aromatic rings. The van der Waals surface area contributed by atoms with Crippen LogP contribution in [-0.2, 0) is 0 Å². The van der Waals surface area contributed by atoms with E-state index in [1.54, 1.807) is 6.20 Å². The smallest absolute Gasteiger partial charge is 0.190 e. The monoisotopic (exact) mass is 322 g/mol. The van der Waals surface area contributed by atoms with E-state index in [0.717, 1.165) is 6.42 Å². The summed E-state index contributed by atoms with van der Waals surface area (Å²) >= 11 is 0. The second kappa shape index (κ2) is 13.7. The van der Waals surface area contributed by atoms with Crippen molar-refractivity contribution >= 4 is 6.34 Å². The van der Waals surface area contributed by atoms with Crippen LogP contribution in [0.1, 0.15) is 96.8 Å². The number of hydrogen-bond donors (Lipinski definition) is 0. The van der Waals surface area contributed by atoms with Crippen molar-refractivity contribution in [1.82, 2.24) is 0 Å². The Morgan fingerprint density at radius 2 is 1.39 bits per heavy atom. The zero-order chi connectivity index (χ0) is 16.6. The van der Waals surface area contributed by atoms with Crippen molar-refractivity contribution in [1.29, 1.82) is 0 Å². The molecule has 3 nitrogen and oxygen atoms in total. The molecule has 0 saturated heterocycles. The average molecular weight is 323 g/mol. The second-order valence-electron chi connectivity index (χ2n) is 7.02. The lowest BCUT2D eigenvalue weighted by molar-refractivity contribution is -0.717. The van der Waals surface area contributed by atoms with Crippen molar-refractivity contribution in [3.8, 4) is 0 Å². The SMILES string of the molecule is CCCCCCCCCCCCCCCC=C[N+]1([O-])C=NCC1. The average Bonchev–Trinajstić information content (AvgIpc) is 2.98. The van der Waals surface area contributed by atoms with Gasteiger partial charge in [-0.2, -0.15) is 0 Å². The normalized spacial score (nSPS) is 20.8. The van der Waals surface area contributed by atoms with Gasteiger partial charge in [0, 0.05) is 0 Å². The van der Waals surface area contributed by atoms with Gasteiger partial charge in [0.05, 0.1) is 12.7 Å². The first-order valence-corrected chi connectivity index (χ1v) is 10.0. The van der Waals surface area contributed by atoms with Gasteiger partial charge >= 0.3 is 0 Å². The molecule has 1 atom stereocenters. The molecule has 0 N–H and O–H groups in total. The highest BCUT2D eigenvalue weighted by Gasteiger charge is 2.14. The molecule has 0 radical (unpaired) electrons. The van der Waals surface area contributed by atoms with E-state index in [-0.39, 0.29) is 4.65 Å². The Morgan fingerprint density at radius 1 is 0.870 bits per heavy atom. The van der Waals surface area contributed by atoms with E-state index >= 15 is 0 Å². The molecule has 0 saturated carbocycles. The van der Waals surface area contributed by atoms with Crippen LogP contribution in [-0.4, -0.2) is 24.1 Å². The summed E-state index contributed by atoms with van der Waals surface area (Å²) in [5.41, 5.74) is 0. The van der Waals surface area contributed by atoms with E-state index in [4.69, 9.17) is 0 Å². The van der Waals surface area contributed by atoms with Crippen LogP contribution in [0, 0.1) is 5.21 Å². The predicted octanol–water partition coefficient (Wildman–Crippen LogP) is 6.34. The Hall–Kier alpha value is -0.670. The summed E-state index contributed by atoms with van der Waals surface area (Å²) < 4.78 is -0.349. The Bertz CT molecular complexity index is 328. The Labute approximate surface area is 144 Å². The third-order valence-corrected chi connectivity index (χ3v) is 4.69. The van der Waals surface area contributed by atoms with E-state index in [0.29, 0.717) is 13.1 Å². The molecule has 0 aliphatic carbocycles. The van der Waals surface area contributed by atoms with Crippen LogP contribution in [0.2, 0.25) is 0 Å². The summed E-state index contributed by atoms with van der Waals surface area (Å²) in [6.45, 7) is 3.53. The number of allylic oxidation sites excluding steroid dienone is 1. The Morgan fingerprint density at radius 3 is 1.87 bits per heavy atom. The highest BCUT2D eigenvalue weighted by molar-refractivity contribution is 5.49. The molecule has 23 heavy (non-hydrogen) atoms. The van der Waals surface area contributed by atoms with Crippen LogP contribution < -0.4 is 0 Å². The fourth-order valence-electron chi connectivity index (χ4n) is 3.11. The minimum Gasteiger partial charge on any atom is -0.622 e. The van der Waals surface area contributed by atoms with Crippen molar-refractivity contribution in [3.63, 3.8) is 0 Å². The number of hydrogen-bond acceptors (Lipinski definition) is 2. The van der Waals surface area contributed by atoms with Crippen LogP contribution >= 0.6 is 0 Å². The Balaban J connectivity index is 1.76. The number of quaternary nitrogens is 1. The lowest BCUT2D eigenvalue weighted by Crippen LogP contribution is -2.32. The van der Waals surface area contributed by atoms with Gasteiger partial charge in [-0.25, -0.2) is 4.99 Å². The molecule has 0 aromatic heterocycles. The molecule has 3 heteroatoms. The molecule has 1 aliphatic heterocycles. The number of aliphatic imine (C=N–C) groups is 1. The first kappa shape index (κ1) is 20.4. The molecule has 1 unspecified atom stereocenters. The molecule has 0 bridgehead atoms. The molecular weight excluding hydrogens is 284 g/mol. The van der Waals surface area contributed by atoms with Crippen molar-refractivity contribution in [2.45, 2.75) is 96.8 Å². The van der Waals surface area contributed by atoms with Gasteiger partial charge in [0.15, 0.2) is 6.34 Å². The molecular formula is C20H38N2O. The first-order chi connectivity index (χ1) is 11.3. The van der Waals surface area contributed by atoms with E-state index in [9.17, 15) is 5.21 Å². The zero-order valence-corrected chi connectivity index (χ0v) is 15.3. The first-order valence-electron chi connectivity index (χ1n) is 10.0. The molecule has 0 amide bonds. The van der Waals surface area contributed by atoms with Gasteiger partial charge in [0.25, 0.3) is 0 Å². The standard InChI is InChI=1S/C20H38N2O/c1-2-3-4-5-6-7-8-9-10-11-12-13-14-15-16-18-22(23)19-17-21-20-22/h16,18,20H,2-15,17,19H2,1H3. The van der Waals surface area contributed by atoms with Crippen LogP contribution in [0.3, 0.4) is 0 Å². The molecule has 0 aromatic carbocycles. The van der Waals surface area contributed by atoms with Gasteiger partial charge in [0.2, 0.25) is 0 Å². The summed E-state index contributed by atoms with van der Waals surface area (Å²) in [6, 6.07) is 0.